The fraction of sp³-hybridized carbons (Fsp3) is 0.412. The molecule has 0 spiro atoms. The van der Waals surface area contributed by atoms with E-state index in [2.05, 4.69) is 36.3 Å². The molecule has 1 aliphatic rings. The second-order valence-corrected chi connectivity index (χ2v) is 6.58. The number of benzene rings is 1. The number of aromatic amines is 1. The zero-order valence-electron chi connectivity index (χ0n) is 13.6. The van der Waals surface area contributed by atoms with Crippen molar-refractivity contribution < 1.29 is 14.3 Å². The van der Waals surface area contributed by atoms with Gasteiger partial charge < -0.3 is 14.8 Å². The molecular weight excluding hydrogens is 294 g/mol. The molecule has 122 valence electrons. The van der Waals surface area contributed by atoms with Crippen molar-refractivity contribution in [2.75, 3.05) is 18.5 Å². The lowest BCUT2D eigenvalue weighted by atomic mass is 9.92. The molecule has 1 aromatic heterocycles. The van der Waals surface area contributed by atoms with Gasteiger partial charge in [-0.25, -0.2) is 0 Å². The van der Waals surface area contributed by atoms with Gasteiger partial charge in [-0.15, -0.1) is 0 Å². The average molecular weight is 315 g/mol. The highest BCUT2D eigenvalue weighted by Gasteiger charge is 2.18. The van der Waals surface area contributed by atoms with Crippen molar-refractivity contribution in [3.05, 3.63) is 35.5 Å². The quantitative estimate of drug-likeness (QED) is 0.892. The van der Waals surface area contributed by atoms with E-state index in [9.17, 15) is 4.79 Å². The van der Waals surface area contributed by atoms with Gasteiger partial charge in [-0.1, -0.05) is 20.8 Å². The highest BCUT2D eigenvalue weighted by molar-refractivity contribution is 6.04. The molecule has 1 aromatic carbocycles. The number of carbonyl (C=O) groups is 1. The third-order valence-corrected chi connectivity index (χ3v) is 3.64. The maximum absolute atomic E-state index is 12.4. The first-order valence-electron chi connectivity index (χ1n) is 7.70. The predicted molar refractivity (Wildman–Crippen MR) is 87.3 cm³/mol. The molecule has 0 saturated carbocycles. The number of fused-ring (bicyclic) bond motifs is 1. The van der Waals surface area contributed by atoms with Crippen LogP contribution >= 0.6 is 0 Å². The van der Waals surface area contributed by atoms with Crippen LogP contribution in [0.1, 0.15) is 43.2 Å². The summed E-state index contributed by atoms with van der Waals surface area (Å²) in [4.78, 5) is 12.4. The first-order valence-corrected chi connectivity index (χ1v) is 7.70. The van der Waals surface area contributed by atoms with Crippen LogP contribution in [0.3, 0.4) is 0 Å². The molecule has 0 atom stereocenters. The molecule has 2 heterocycles. The van der Waals surface area contributed by atoms with Crippen molar-refractivity contribution >= 4 is 11.7 Å². The number of hydrogen-bond donors (Lipinski definition) is 2. The molecule has 3 rings (SSSR count). The molecule has 0 unspecified atom stereocenters. The van der Waals surface area contributed by atoms with Gasteiger partial charge in [-0.2, -0.15) is 5.10 Å². The van der Waals surface area contributed by atoms with Crippen LogP contribution < -0.4 is 14.8 Å². The van der Waals surface area contributed by atoms with Gasteiger partial charge >= 0.3 is 0 Å². The maximum atomic E-state index is 12.4. The summed E-state index contributed by atoms with van der Waals surface area (Å²) in [5.74, 6) is 1.56. The number of amides is 1. The summed E-state index contributed by atoms with van der Waals surface area (Å²) < 4.78 is 11.2. The van der Waals surface area contributed by atoms with Crippen LogP contribution in [0.15, 0.2) is 24.3 Å². The number of aromatic nitrogens is 2. The Morgan fingerprint density at radius 2 is 1.91 bits per heavy atom. The number of hydrogen-bond acceptors (Lipinski definition) is 4. The zero-order chi connectivity index (χ0) is 16.4. The van der Waals surface area contributed by atoms with Gasteiger partial charge in [0.25, 0.3) is 5.91 Å². The largest absolute Gasteiger partial charge is 0.490 e. The Balaban J connectivity index is 1.76. The molecule has 6 heteroatoms. The molecule has 6 nitrogen and oxygen atoms in total. The molecule has 0 fully saturated rings. The minimum Gasteiger partial charge on any atom is -0.490 e. The first kappa shape index (κ1) is 15.4. The van der Waals surface area contributed by atoms with Crippen molar-refractivity contribution in [2.45, 2.75) is 32.6 Å². The number of rotatable bonds is 2. The molecule has 0 radical (unpaired) electrons. The van der Waals surface area contributed by atoms with E-state index < -0.39 is 0 Å². The minimum absolute atomic E-state index is 0.0504. The van der Waals surface area contributed by atoms with Crippen LogP contribution in [0.5, 0.6) is 11.5 Å². The Kier molecular flexibility index (Phi) is 3.98. The van der Waals surface area contributed by atoms with Crippen LogP contribution in [-0.4, -0.2) is 29.3 Å². The molecule has 2 aromatic rings. The van der Waals surface area contributed by atoms with Crippen molar-refractivity contribution in [1.82, 2.24) is 10.2 Å². The highest BCUT2D eigenvalue weighted by atomic mass is 16.5. The Hall–Kier alpha value is -2.50. The fourth-order valence-corrected chi connectivity index (χ4v) is 2.26. The minimum atomic E-state index is -0.229. The van der Waals surface area contributed by atoms with Crippen LogP contribution in [0, 0.1) is 0 Å². The standard InChI is InChI=1S/C17H21N3O3/c1-17(2,3)14-10-15(20-19-14)18-16(21)11-5-6-12-13(9-11)23-8-4-7-22-12/h5-6,9-10H,4,7-8H2,1-3H3,(H2,18,19,20,21). The van der Waals surface area contributed by atoms with Crippen LogP contribution in [-0.2, 0) is 5.41 Å². The van der Waals surface area contributed by atoms with Gasteiger partial charge in [-0.3, -0.25) is 9.89 Å². The molecule has 1 aliphatic heterocycles. The lowest BCUT2D eigenvalue weighted by Crippen LogP contribution is -2.13. The average Bonchev–Trinajstić information content (AvgIpc) is 2.84. The Morgan fingerprint density at radius 3 is 2.61 bits per heavy atom. The van der Waals surface area contributed by atoms with Gasteiger partial charge in [0.1, 0.15) is 0 Å². The second kappa shape index (κ2) is 5.95. The first-order chi connectivity index (χ1) is 10.9. The van der Waals surface area contributed by atoms with E-state index in [1.165, 1.54) is 0 Å². The van der Waals surface area contributed by atoms with Crippen molar-refractivity contribution in [1.29, 1.82) is 0 Å². The molecule has 0 aliphatic carbocycles. The number of nitrogens with one attached hydrogen (secondary N) is 2. The summed E-state index contributed by atoms with van der Waals surface area (Å²) in [6, 6.07) is 7.04. The number of anilines is 1. The normalized spacial score (nSPS) is 14.2. The maximum Gasteiger partial charge on any atom is 0.257 e. The summed E-state index contributed by atoms with van der Waals surface area (Å²) in [7, 11) is 0. The van der Waals surface area contributed by atoms with Gasteiger partial charge in [0, 0.05) is 29.2 Å². The third kappa shape index (κ3) is 3.47. The Morgan fingerprint density at radius 1 is 1.17 bits per heavy atom. The lowest BCUT2D eigenvalue weighted by Gasteiger charge is -2.14. The van der Waals surface area contributed by atoms with E-state index in [0.29, 0.717) is 36.1 Å². The summed E-state index contributed by atoms with van der Waals surface area (Å²) in [6.07, 6.45) is 0.832. The summed E-state index contributed by atoms with van der Waals surface area (Å²) in [5, 5.41) is 9.88. The number of ether oxygens (including phenoxy) is 2. The van der Waals surface area contributed by atoms with E-state index in [-0.39, 0.29) is 11.3 Å². The molecule has 23 heavy (non-hydrogen) atoms. The van der Waals surface area contributed by atoms with Crippen LogP contribution in [0.25, 0.3) is 0 Å². The molecular formula is C17H21N3O3. The van der Waals surface area contributed by atoms with Gasteiger partial charge in [0.05, 0.1) is 13.2 Å². The van der Waals surface area contributed by atoms with Crippen molar-refractivity contribution in [2.24, 2.45) is 0 Å². The van der Waals surface area contributed by atoms with Gasteiger partial charge in [-0.05, 0) is 18.2 Å². The van der Waals surface area contributed by atoms with Crippen molar-refractivity contribution in [3.8, 4) is 11.5 Å². The molecule has 1 amide bonds. The van der Waals surface area contributed by atoms with E-state index in [1.807, 2.05) is 6.07 Å². The van der Waals surface area contributed by atoms with Gasteiger partial charge in [0.15, 0.2) is 17.3 Å². The van der Waals surface area contributed by atoms with E-state index in [1.54, 1.807) is 18.2 Å². The van der Waals surface area contributed by atoms with E-state index in [0.717, 1.165) is 12.1 Å². The molecule has 2 N–H and O–H groups in total. The lowest BCUT2D eigenvalue weighted by molar-refractivity contribution is 0.102. The topological polar surface area (TPSA) is 76.2 Å². The molecule has 0 saturated heterocycles. The summed E-state index contributed by atoms with van der Waals surface area (Å²) >= 11 is 0. The SMILES string of the molecule is CC(C)(C)c1cc(NC(=O)c2ccc3c(c2)OCCCO3)n[nH]1. The number of nitrogens with zero attached hydrogens (tertiary/aromatic N) is 1. The van der Waals surface area contributed by atoms with E-state index in [4.69, 9.17) is 9.47 Å². The Bertz CT molecular complexity index is 716. The Labute approximate surface area is 135 Å². The smallest absolute Gasteiger partial charge is 0.257 e. The zero-order valence-corrected chi connectivity index (χ0v) is 13.6. The van der Waals surface area contributed by atoms with Gasteiger partial charge in [0.2, 0.25) is 0 Å². The summed E-state index contributed by atoms with van der Waals surface area (Å²) in [6.45, 7) is 7.45. The highest BCUT2D eigenvalue weighted by Crippen LogP contribution is 2.30. The van der Waals surface area contributed by atoms with Crippen LogP contribution in [0.2, 0.25) is 0 Å². The second-order valence-electron chi connectivity index (χ2n) is 6.58. The summed E-state index contributed by atoms with van der Waals surface area (Å²) in [5.41, 5.74) is 1.42. The third-order valence-electron chi connectivity index (χ3n) is 3.64. The monoisotopic (exact) mass is 315 g/mol. The number of carbonyl (C=O) groups excluding carboxylic acids is 1. The fourth-order valence-electron chi connectivity index (χ4n) is 2.26. The number of H-pyrrole nitrogens is 1. The molecule has 0 bridgehead atoms. The van der Waals surface area contributed by atoms with Crippen molar-refractivity contribution in [3.63, 3.8) is 0 Å². The predicted octanol–water partition coefficient (Wildman–Crippen LogP) is 3.12. The van der Waals surface area contributed by atoms with E-state index >= 15 is 0 Å². The van der Waals surface area contributed by atoms with Crippen LogP contribution in [0.4, 0.5) is 5.82 Å².